The fraction of sp³-hybridized carbons (Fsp3) is 0.556. The van der Waals surface area contributed by atoms with Gasteiger partial charge in [-0.05, 0) is 19.9 Å². The molecule has 0 bridgehead atoms. The van der Waals surface area contributed by atoms with E-state index in [9.17, 15) is 9.59 Å². The predicted molar refractivity (Wildman–Crippen MR) is 51.1 cm³/mol. The first-order chi connectivity index (χ1) is 6.10. The average Bonchev–Trinajstić information content (AvgIpc) is 2.04. The van der Waals surface area contributed by atoms with E-state index in [1.54, 1.807) is 6.92 Å². The van der Waals surface area contributed by atoms with Crippen LogP contribution in [0.15, 0.2) is 12.7 Å². The van der Waals surface area contributed by atoms with Crippen molar-refractivity contribution in [2.24, 2.45) is 0 Å². The van der Waals surface area contributed by atoms with Gasteiger partial charge in [0.15, 0.2) is 0 Å². The number of carbonyl (C=O) groups excluding carboxylic acids is 2. The fourth-order valence-electron chi connectivity index (χ4n) is 0.900. The van der Waals surface area contributed by atoms with Crippen molar-refractivity contribution < 1.29 is 9.59 Å². The number of hydrogen-bond donors (Lipinski definition) is 2. The van der Waals surface area contributed by atoms with Gasteiger partial charge in [-0.25, -0.2) is 0 Å². The maximum absolute atomic E-state index is 11.0. The van der Waals surface area contributed by atoms with Gasteiger partial charge in [-0.3, -0.25) is 9.59 Å². The Labute approximate surface area is 78.4 Å². The van der Waals surface area contributed by atoms with E-state index in [1.807, 2.05) is 6.92 Å². The molecule has 2 amide bonds. The first-order valence-electron chi connectivity index (χ1n) is 4.29. The van der Waals surface area contributed by atoms with E-state index >= 15 is 0 Å². The minimum absolute atomic E-state index is 0.0561. The minimum atomic E-state index is -0.253. The zero-order valence-electron chi connectivity index (χ0n) is 8.09. The van der Waals surface area contributed by atoms with E-state index in [2.05, 4.69) is 17.2 Å². The second-order valence-corrected chi connectivity index (χ2v) is 2.77. The van der Waals surface area contributed by atoms with Gasteiger partial charge in [-0.2, -0.15) is 0 Å². The zero-order valence-corrected chi connectivity index (χ0v) is 8.09. The molecule has 0 fully saturated rings. The molecule has 13 heavy (non-hydrogen) atoms. The van der Waals surface area contributed by atoms with Crippen LogP contribution in [0.3, 0.4) is 0 Å². The SMILES string of the molecule is C=CC(=O)NC(C)CC(=O)NCC. The van der Waals surface area contributed by atoms with E-state index < -0.39 is 0 Å². The van der Waals surface area contributed by atoms with Gasteiger partial charge in [-0.15, -0.1) is 0 Å². The molecule has 0 aliphatic rings. The molecule has 4 nitrogen and oxygen atoms in total. The van der Waals surface area contributed by atoms with E-state index in [0.717, 1.165) is 0 Å². The van der Waals surface area contributed by atoms with Crippen LogP contribution < -0.4 is 10.6 Å². The standard InChI is InChI=1S/C9H16N2O2/c1-4-8(12)11-7(3)6-9(13)10-5-2/h4,7H,1,5-6H2,2-3H3,(H,10,13)(H,11,12). The van der Waals surface area contributed by atoms with E-state index in [1.165, 1.54) is 6.08 Å². The van der Waals surface area contributed by atoms with Crippen LogP contribution in [-0.4, -0.2) is 24.4 Å². The van der Waals surface area contributed by atoms with E-state index in [-0.39, 0.29) is 17.9 Å². The molecule has 0 radical (unpaired) electrons. The van der Waals surface area contributed by atoms with Crippen LogP contribution in [0.1, 0.15) is 20.3 Å². The van der Waals surface area contributed by atoms with E-state index in [0.29, 0.717) is 13.0 Å². The minimum Gasteiger partial charge on any atom is -0.356 e. The molecular formula is C9H16N2O2. The van der Waals surface area contributed by atoms with Crippen molar-refractivity contribution in [2.75, 3.05) is 6.54 Å². The summed E-state index contributed by atoms with van der Waals surface area (Å²) in [5.41, 5.74) is 0. The molecule has 0 aliphatic heterocycles. The number of hydrogen-bond acceptors (Lipinski definition) is 2. The molecule has 0 aliphatic carbocycles. The van der Waals surface area contributed by atoms with Crippen LogP contribution in [-0.2, 0) is 9.59 Å². The molecule has 0 saturated heterocycles. The van der Waals surface area contributed by atoms with Crippen molar-refractivity contribution in [1.29, 1.82) is 0 Å². The summed E-state index contributed by atoms with van der Waals surface area (Å²) in [5, 5.41) is 5.25. The molecule has 1 unspecified atom stereocenters. The van der Waals surface area contributed by atoms with Crippen LogP contribution in [0.4, 0.5) is 0 Å². The Morgan fingerprint density at radius 2 is 2.15 bits per heavy atom. The lowest BCUT2D eigenvalue weighted by molar-refractivity contribution is -0.121. The zero-order chi connectivity index (χ0) is 10.3. The van der Waals surface area contributed by atoms with Crippen LogP contribution in [0.2, 0.25) is 0 Å². The highest BCUT2D eigenvalue weighted by Crippen LogP contribution is 1.90. The molecular weight excluding hydrogens is 168 g/mol. The van der Waals surface area contributed by atoms with Gasteiger partial charge < -0.3 is 10.6 Å². The number of nitrogens with one attached hydrogen (secondary N) is 2. The molecule has 0 spiro atoms. The normalized spacial score (nSPS) is 11.5. The second-order valence-electron chi connectivity index (χ2n) is 2.77. The highest BCUT2D eigenvalue weighted by atomic mass is 16.2. The van der Waals surface area contributed by atoms with Gasteiger partial charge in [0.25, 0.3) is 0 Å². The van der Waals surface area contributed by atoms with Gasteiger partial charge in [0.2, 0.25) is 11.8 Å². The Morgan fingerprint density at radius 3 is 2.62 bits per heavy atom. The third kappa shape index (κ3) is 5.90. The van der Waals surface area contributed by atoms with Crippen molar-refractivity contribution in [2.45, 2.75) is 26.3 Å². The Hall–Kier alpha value is -1.32. The van der Waals surface area contributed by atoms with E-state index in [4.69, 9.17) is 0 Å². The van der Waals surface area contributed by atoms with Crippen molar-refractivity contribution in [3.8, 4) is 0 Å². The van der Waals surface area contributed by atoms with Crippen molar-refractivity contribution in [1.82, 2.24) is 10.6 Å². The molecule has 0 aromatic heterocycles. The van der Waals surface area contributed by atoms with Crippen LogP contribution in [0, 0.1) is 0 Å². The Kier molecular flexibility index (Phi) is 5.59. The highest BCUT2D eigenvalue weighted by Gasteiger charge is 2.08. The molecule has 0 heterocycles. The first kappa shape index (κ1) is 11.7. The predicted octanol–water partition coefficient (Wildman–Crippen LogP) is 0.203. The Bertz CT molecular complexity index is 202. The van der Waals surface area contributed by atoms with Crippen molar-refractivity contribution in [3.05, 3.63) is 12.7 Å². The lowest BCUT2D eigenvalue weighted by Gasteiger charge is -2.11. The summed E-state index contributed by atoms with van der Waals surface area (Å²) < 4.78 is 0. The quantitative estimate of drug-likeness (QED) is 0.600. The average molecular weight is 184 g/mol. The van der Waals surface area contributed by atoms with Gasteiger partial charge in [0.1, 0.15) is 0 Å². The molecule has 2 N–H and O–H groups in total. The van der Waals surface area contributed by atoms with Crippen LogP contribution in [0.25, 0.3) is 0 Å². The van der Waals surface area contributed by atoms with Gasteiger partial charge in [-0.1, -0.05) is 6.58 Å². The number of rotatable bonds is 5. The molecule has 74 valence electrons. The topological polar surface area (TPSA) is 58.2 Å². The van der Waals surface area contributed by atoms with Crippen molar-refractivity contribution in [3.63, 3.8) is 0 Å². The van der Waals surface area contributed by atoms with Gasteiger partial charge in [0.05, 0.1) is 0 Å². The van der Waals surface area contributed by atoms with Gasteiger partial charge in [0, 0.05) is 19.0 Å². The second kappa shape index (κ2) is 6.22. The summed E-state index contributed by atoms with van der Waals surface area (Å²) in [6.07, 6.45) is 1.49. The fourth-order valence-corrected chi connectivity index (χ4v) is 0.900. The summed E-state index contributed by atoms with van der Waals surface area (Å²) in [4.78, 5) is 21.8. The third-order valence-corrected chi connectivity index (χ3v) is 1.44. The third-order valence-electron chi connectivity index (χ3n) is 1.44. The highest BCUT2D eigenvalue weighted by molar-refractivity contribution is 5.87. The first-order valence-corrected chi connectivity index (χ1v) is 4.29. The maximum atomic E-state index is 11.0. The summed E-state index contributed by atoms with van der Waals surface area (Å²) in [6.45, 7) is 7.56. The molecule has 0 aromatic rings. The summed E-state index contributed by atoms with van der Waals surface area (Å²) in [5.74, 6) is -0.309. The van der Waals surface area contributed by atoms with Gasteiger partial charge >= 0.3 is 0 Å². The maximum Gasteiger partial charge on any atom is 0.243 e. The largest absolute Gasteiger partial charge is 0.356 e. The van der Waals surface area contributed by atoms with Crippen LogP contribution >= 0.6 is 0 Å². The lowest BCUT2D eigenvalue weighted by Crippen LogP contribution is -2.36. The lowest BCUT2D eigenvalue weighted by atomic mass is 10.2. The number of amides is 2. The summed E-state index contributed by atoms with van der Waals surface area (Å²) in [6, 6.07) is -0.156. The molecule has 0 aromatic carbocycles. The molecule has 0 rings (SSSR count). The van der Waals surface area contributed by atoms with Crippen LogP contribution in [0.5, 0.6) is 0 Å². The molecule has 1 atom stereocenters. The Morgan fingerprint density at radius 1 is 1.54 bits per heavy atom. The Balaban J connectivity index is 3.73. The van der Waals surface area contributed by atoms with Crippen molar-refractivity contribution >= 4 is 11.8 Å². The summed E-state index contributed by atoms with van der Waals surface area (Å²) >= 11 is 0. The molecule has 4 heteroatoms. The summed E-state index contributed by atoms with van der Waals surface area (Å²) in [7, 11) is 0. The number of carbonyl (C=O) groups is 2. The monoisotopic (exact) mass is 184 g/mol. The smallest absolute Gasteiger partial charge is 0.243 e. The molecule has 0 saturated carbocycles.